The first-order valence-electron chi connectivity index (χ1n) is 8.38. The average molecular weight is 316 g/mol. The molecule has 3 aliphatic rings. The molecule has 0 spiro atoms. The molecule has 0 saturated carbocycles. The van der Waals surface area contributed by atoms with Crippen LogP contribution in [-0.2, 0) is 11.3 Å². The Morgan fingerprint density at radius 3 is 2.78 bits per heavy atom. The van der Waals surface area contributed by atoms with Crippen molar-refractivity contribution in [2.45, 2.75) is 31.6 Å². The fourth-order valence-corrected chi connectivity index (χ4v) is 4.32. The molecule has 0 radical (unpaired) electrons. The normalized spacial score (nSPS) is 32.3. The van der Waals surface area contributed by atoms with E-state index in [0.29, 0.717) is 29.9 Å². The number of fused-ring (bicyclic) bond motifs is 5. The number of pyridine rings is 1. The Balaban J connectivity index is 1.38. The molecule has 3 saturated heterocycles. The summed E-state index contributed by atoms with van der Waals surface area (Å²) in [7, 11) is 3.49. The van der Waals surface area contributed by atoms with Gasteiger partial charge in [0.15, 0.2) is 5.96 Å². The van der Waals surface area contributed by atoms with Gasteiger partial charge in [-0.2, -0.15) is 0 Å². The van der Waals surface area contributed by atoms with Gasteiger partial charge in [0.2, 0.25) is 5.88 Å². The minimum Gasteiger partial charge on any atom is -0.481 e. The van der Waals surface area contributed by atoms with Gasteiger partial charge in [0.05, 0.1) is 19.3 Å². The highest BCUT2D eigenvalue weighted by atomic mass is 16.5. The first kappa shape index (κ1) is 14.8. The molecule has 0 aromatic carbocycles. The minimum absolute atomic E-state index is 0.484. The lowest BCUT2D eigenvalue weighted by atomic mass is 9.82. The summed E-state index contributed by atoms with van der Waals surface area (Å²) in [5, 5.41) is 3.47. The van der Waals surface area contributed by atoms with Gasteiger partial charge in [-0.25, -0.2) is 4.98 Å². The maximum atomic E-state index is 6.05. The molecule has 3 fully saturated rings. The van der Waals surface area contributed by atoms with E-state index in [1.165, 1.54) is 12.8 Å². The Hall–Kier alpha value is -1.82. The monoisotopic (exact) mass is 316 g/mol. The van der Waals surface area contributed by atoms with E-state index >= 15 is 0 Å². The molecule has 0 amide bonds. The Bertz CT molecular complexity index is 588. The Labute approximate surface area is 136 Å². The van der Waals surface area contributed by atoms with Gasteiger partial charge in [-0.05, 0) is 24.5 Å². The SMILES string of the molecule is CN=C(NCc1ccnc(OC)c1)N1CC2C3CCC(O3)C2C1. The zero-order valence-corrected chi connectivity index (χ0v) is 13.7. The highest BCUT2D eigenvalue weighted by Gasteiger charge is 2.53. The molecule has 124 valence electrons. The van der Waals surface area contributed by atoms with E-state index < -0.39 is 0 Å². The Kier molecular flexibility index (Phi) is 3.85. The number of nitrogens with one attached hydrogen (secondary N) is 1. The van der Waals surface area contributed by atoms with Crippen molar-refractivity contribution in [2.24, 2.45) is 16.8 Å². The number of aromatic nitrogens is 1. The van der Waals surface area contributed by atoms with Crippen LogP contribution in [0.25, 0.3) is 0 Å². The van der Waals surface area contributed by atoms with Crippen molar-refractivity contribution in [3.63, 3.8) is 0 Å². The number of aliphatic imine (C=N–C) groups is 1. The number of rotatable bonds is 3. The molecular weight excluding hydrogens is 292 g/mol. The van der Waals surface area contributed by atoms with E-state index in [9.17, 15) is 0 Å². The summed E-state index contributed by atoms with van der Waals surface area (Å²) >= 11 is 0. The number of hydrogen-bond acceptors (Lipinski definition) is 4. The maximum absolute atomic E-state index is 6.05. The minimum atomic E-state index is 0.484. The van der Waals surface area contributed by atoms with Gasteiger partial charge < -0.3 is 19.7 Å². The predicted octanol–water partition coefficient (Wildman–Crippen LogP) is 1.27. The summed E-state index contributed by atoms with van der Waals surface area (Å²) in [5.41, 5.74) is 1.14. The van der Waals surface area contributed by atoms with Crippen molar-refractivity contribution in [1.82, 2.24) is 15.2 Å². The fourth-order valence-electron chi connectivity index (χ4n) is 4.32. The van der Waals surface area contributed by atoms with Gasteiger partial charge in [-0.15, -0.1) is 0 Å². The van der Waals surface area contributed by atoms with Crippen LogP contribution >= 0.6 is 0 Å². The second kappa shape index (κ2) is 6.00. The van der Waals surface area contributed by atoms with Crippen LogP contribution in [0.4, 0.5) is 0 Å². The van der Waals surface area contributed by atoms with Gasteiger partial charge in [-0.3, -0.25) is 4.99 Å². The van der Waals surface area contributed by atoms with Gasteiger partial charge in [0.25, 0.3) is 0 Å². The molecule has 4 atom stereocenters. The molecule has 6 nitrogen and oxygen atoms in total. The lowest BCUT2D eigenvalue weighted by molar-refractivity contribution is 0.0767. The second-order valence-electron chi connectivity index (χ2n) is 6.63. The van der Waals surface area contributed by atoms with Crippen LogP contribution in [0.2, 0.25) is 0 Å². The number of nitrogens with zero attached hydrogens (tertiary/aromatic N) is 3. The molecule has 3 aliphatic heterocycles. The average Bonchev–Trinajstić information content (AvgIpc) is 3.28. The number of methoxy groups -OCH3 is 1. The van der Waals surface area contributed by atoms with Crippen LogP contribution in [0.3, 0.4) is 0 Å². The van der Waals surface area contributed by atoms with Gasteiger partial charge in [0, 0.05) is 50.8 Å². The molecule has 4 unspecified atom stereocenters. The Morgan fingerprint density at radius 1 is 1.39 bits per heavy atom. The number of guanidine groups is 1. The summed E-state index contributed by atoms with van der Waals surface area (Å²) in [6.45, 7) is 2.84. The standard InChI is InChI=1S/C17H24N4O2/c1-18-17(20-8-11-5-6-19-16(7-11)22-2)21-9-12-13(10-21)15-4-3-14(12)23-15/h5-7,12-15H,3-4,8-10H2,1-2H3,(H,18,20). The molecule has 6 heteroatoms. The molecule has 1 N–H and O–H groups in total. The number of likely N-dealkylation sites (tertiary alicyclic amines) is 1. The zero-order chi connectivity index (χ0) is 15.8. The van der Waals surface area contributed by atoms with E-state index in [1.807, 2.05) is 19.2 Å². The summed E-state index contributed by atoms with van der Waals surface area (Å²) in [6, 6.07) is 3.95. The van der Waals surface area contributed by atoms with Crippen LogP contribution in [0, 0.1) is 11.8 Å². The second-order valence-corrected chi connectivity index (χ2v) is 6.63. The van der Waals surface area contributed by atoms with Crippen molar-refractivity contribution in [1.29, 1.82) is 0 Å². The third kappa shape index (κ3) is 2.65. The Morgan fingerprint density at radius 2 is 2.13 bits per heavy atom. The quantitative estimate of drug-likeness (QED) is 0.672. The van der Waals surface area contributed by atoms with Gasteiger partial charge >= 0.3 is 0 Å². The van der Waals surface area contributed by atoms with Crippen molar-refractivity contribution in [3.05, 3.63) is 23.9 Å². The zero-order valence-electron chi connectivity index (χ0n) is 13.7. The van der Waals surface area contributed by atoms with Crippen molar-refractivity contribution < 1.29 is 9.47 Å². The van der Waals surface area contributed by atoms with Crippen LogP contribution in [0.1, 0.15) is 18.4 Å². The molecule has 1 aromatic heterocycles. The van der Waals surface area contributed by atoms with Crippen molar-refractivity contribution in [3.8, 4) is 5.88 Å². The summed E-state index contributed by atoms with van der Waals surface area (Å²) < 4.78 is 11.2. The first-order valence-corrected chi connectivity index (χ1v) is 8.38. The van der Waals surface area contributed by atoms with Gasteiger partial charge in [0.1, 0.15) is 0 Å². The number of hydrogen-bond donors (Lipinski definition) is 1. The highest BCUT2D eigenvalue weighted by molar-refractivity contribution is 5.80. The van der Waals surface area contributed by atoms with E-state index in [4.69, 9.17) is 9.47 Å². The molecule has 4 heterocycles. The van der Waals surface area contributed by atoms with Crippen molar-refractivity contribution in [2.75, 3.05) is 27.2 Å². The van der Waals surface area contributed by atoms with Crippen LogP contribution in [-0.4, -0.2) is 55.3 Å². The maximum Gasteiger partial charge on any atom is 0.213 e. The summed E-state index contributed by atoms with van der Waals surface area (Å²) in [6.07, 6.45) is 5.22. The fraction of sp³-hybridized carbons (Fsp3) is 0.647. The van der Waals surface area contributed by atoms with E-state index in [-0.39, 0.29) is 0 Å². The highest BCUT2D eigenvalue weighted by Crippen LogP contribution is 2.47. The third-order valence-electron chi connectivity index (χ3n) is 5.42. The predicted molar refractivity (Wildman–Crippen MR) is 87.4 cm³/mol. The summed E-state index contributed by atoms with van der Waals surface area (Å²) in [5.74, 6) is 3.00. The van der Waals surface area contributed by atoms with Crippen LogP contribution in [0.5, 0.6) is 5.88 Å². The molecule has 1 aromatic rings. The lowest BCUT2D eigenvalue weighted by Crippen LogP contribution is -2.41. The first-order chi connectivity index (χ1) is 11.3. The largest absolute Gasteiger partial charge is 0.481 e. The summed E-state index contributed by atoms with van der Waals surface area (Å²) in [4.78, 5) is 11.0. The van der Waals surface area contributed by atoms with Gasteiger partial charge in [-0.1, -0.05) is 0 Å². The van der Waals surface area contributed by atoms with Crippen molar-refractivity contribution >= 4 is 5.96 Å². The van der Waals surface area contributed by atoms with E-state index in [2.05, 4.69) is 20.2 Å². The molecular formula is C17H24N4O2. The van der Waals surface area contributed by atoms with E-state index in [0.717, 1.165) is 31.2 Å². The molecule has 0 aliphatic carbocycles. The van der Waals surface area contributed by atoms with Crippen LogP contribution < -0.4 is 10.1 Å². The molecule has 23 heavy (non-hydrogen) atoms. The van der Waals surface area contributed by atoms with E-state index in [1.54, 1.807) is 13.3 Å². The molecule has 4 rings (SSSR count). The lowest BCUT2D eigenvalue weighted by Gasteiger charge is -2.23. The third-order valence-corrected chi connectivity index (χ3v) is 5.42. The smallest absolute Gasteiger partial charge is 0.213 e. The molecule has 2 bridgehead atoms. The number of ether oxygens (including phenoxy) is 2. The van der Waals surface area contributed by atoms with Crippen LogP contribution in [0.15, 0.2) is 23.3 Å². The topological polar surface area (TPSA) is 59.0 Å².